The quantitative estimate of drug-likeness (QED) is 0.846. The van der Waals surface area contributed by atoms with Crippen LogP contribution in [0.2, 0.25) is 5.02 Å². The predicted octanol–water partition coefficient (Wildman–Crippen LogP) is 4.77. The fourth-order valence-corrected chi connectivity index (χ4v) is 2.65. The van der Waals surface area contributed by atoms with Crippen LogP contribution in [-0.4, -0.2) is 0 Å². The highest BCUT2D eigenvalue weighted by Crippen LogP contribution is 2.31. The van der Waals surface area contributed by atoms with Gasteiger partial charge >= 0.3 is 0 Å². The summed E-state index contributed by atoms with van der Waals surface area (Å²) < 4.78 is 0.989. The molecule has 1 atom stereocenters. The Morgan fingerprint density at radius 2 is 1.83 bits per heavy atom. The largest absolute Gasteiger partial charge is 0.320 e. The van der Waals surface area contributed by atoms with Gasteiger partial charge in [-0.1, -0.05) is 45.7 Å². The zero-order chi connectivity index (χ0) is 13.3. The van der Waals surface area contributed by atoms with Crippen LogP contribution in [0.1, 0.15) is 28.3 Å². The molecule has 2 aromatic rings. The number of hydrogen-bond donors (Lipinski definition) is 1. The van der Waals surface area contributed by atoms with Crippen LogP contribution >= 0.6 is 27.5 Å². The van der Waals surface area contributed by atoms with Gasteiger partial charge in [-0.3, -0.25) is 0 Å². The lowest BCUT2D eigenvalue weighted by Crippen LogP contribution is -2.14. The molecule has 1 unspecified atom stereocenters. The third-order valence-corrected chi connectivity index (χ3v) is 4.11. The molecule has 0 heterocycles. The molecular weight excluding hydrogens is 310 g/mol. The lowest BCUT2D eigenvalue weighted by Gasteiger charge is -2.18. The molecule has 0 aliphatic carbocycles. The first-order valence-electron chi connectivity index (χ1n) is 5.77. The average Bonchev–Trinajstić information content (AvgIpc) is 2.35. The van der Waals surface area contributed by atoms with Crippen molar-refractivity contribution in [1.82, 2.24) is 0 Å². The number of halogens is 2. The summed E-state index contributed by atoms with van der Waals surface area (Å²) in [4.78, 5) is 0. The Kier molecular flexibility index (Phi) is 4.10. The Labute approximate surface area is 121 Å². The van der Waals surface area contributed by atoms with Gasteiger partial charge < -0.3 is 5.73 Å². The summed E-state index contributed by atoms with van der Waals surface area (Å²) in [7, 11) is 0. The van der Waals surface area contributed by atoms with Crippen molar-refractivity contribution < 1.29 is 0 Å². The first kappa shape index (κ1) is 13.6. The number of hydrogen-bond acceptors (Lipinski definition) is 1. The number of nitrogens with two attached hydrogens (primary N) is 1. The van der Waals surface area contributed by atoms with Crippen LogP contribution in [0.3, 0.4) is 0 Å². The minimum atomic E-state index is -0.199. The van der Waals surface area contributed by atoms with Crippen molar-refractivity contribution in [3.8, 4) is 0 Å². The molecule has 0 aliphatic heterocycles. The van der Waals surface area contributed by atoms with Gasteiger partial charge in [0.05, 0.1) is 6.04 Å². The second-order valence-corrected chi connectivity index (χ2v) is 5.76. The SMILES string of the molecule is Cc1cccc(C(N)c2cc(Br)ccc2Cl)c1C. The van der Waals surface area contributed by atoms with E-state index < -0.39 is 0 Å². The normalized spacial score (nSPS) is 12.5. The summed E-state index contributed by atoms with van der Waals surface area (Å²) >= 11 is 9.69. The van der Waals surface area contributed by atoms with Gasteiger partial charge in [-0.05, 0) is 54.3 Å². The van der Waals surface area contributed by atoms with E-state index in [1.54, 1.807) is 0 Å². The molecule has 2 aromatic carbocycles. The minimum absolute atomic E-state index is 0.199. The molecular formula is C15H15BrClN. The summed E-state index contributed by atoms with van der Waals surface area (Å²) in [6, 6.07) is 11.7. The van der Waals surface area contributed by atoms with Crippen molar-refractivity contribution in [3.05, 3.63) is 68.1 Å². The van der Waals surface area contributed by atoms with E-state index >= 15 is 0 Å². The van der Waals surface area contributed by atoms with Crippen LogP contribution in [0, 0.1) is 13.8 Å². The Balaban J connectivity index is 2.51. The monoisotopic (exact) mass is 323 g/mol. The highest BCUT2D eigenvalue weighted by molar-refractivity contribution is 9.10. The highest BCUT2D eigenvalue weighted by atomic mass is 79.9. The Morgan fingerprint density at radius 1 is 1.11 bits per heavy atom. The fourth-order valence-electron chi connectivity index (χ4n) is 2.03. The molecule has 0 saturated carbocycles. The smallest absolute Gasteiger partial charge is 0.0569 e. The second-order valence-electron chi connectivity index (χ2n) is 4.43. The fraction of sp³-hybridized carbons (Fsp3) is 0.200. The van der Waals surface area contributed by atoms with Crippen LogP contribution in [0.25, 0.3) is 0 Å². The van der Waals surface area contributed by atoms with E-state index in [0.29, 0.717) is 5.02 Å². The molecule has 0 aromatic heterocycles. The van der Waals surface area contributed by atoms with Crippen LogP contribution in [-0.2, 0) is 0 Å². The zero-order valence-electron chi connectivity index (χ0n) is 10.4. The topological polar surface area (TPSA) is 26.0 Å². The molecule has 3 heteroatoms. The second kappa shape index (κ2) is 5.43. The molecule has 0 aliphatic rings. The van der Waals surface area contributed by atoms with Crippen LogP contribution in [0.15, 0.2) is 40.9 Å². The molecule has 2 rings (SSSR count). The van der Waals surface area contributed by atoms with E-state index in [2.05, 4.69) is 41.9 Å². The van der Waals surface area contributed by atoms with Crippen molar-refractivity contribution in [2.24, 2.45) is 5.73 Å². The maximum atomic E-state index is 6.35. The molecule has 18 heavy (non-hydrogen) atoms. The van der Waals surface area contributed by atoms with E-state index in [1.165, 1.54) is 11.1 Å². The number of benzene rings is 2. The summed E-state index contributed by atoms with van der Waals surface area (Å²) in [5, 5.41) is 0.701. The Bertz CT molecular complexity index is 579. The first-order valence-corrected chi connectivity index (χ1v) is 6.94. The molecule has 0 spiro atoms. The third kappa shape index (κ3) is 2.61. The van der Waals surface area contributed by atoms with Crippen molar-refractivity contribution in [2.45, 2.75) is 19.9 Å². The summed E-state index contributed by atoms with van der Waals surface area (Å²) in [5.41, 5.74) is 10.9. The maximum Gasteiger partial charge on any atom is 0.0569 e. The van der Waals surface area contributed by atoms with E-state index in [0.717, 1.165) is 15.6 Å². The van der Waals surface area contributed by atoms with Gasteiger partial charge in [0, 0.05) is 9.50 Å². The number of rotatable bonds is 2. The molecule has 1 nitrogen and oxygen atoms in total. The lowest BCUT2D eigenvalue weighted by atomic mass is 9.93. The Hall–Kier alpha value is -0.830. The van der Waals surface area contributed by atoms with E-state index in [1.807, 2.05) is 24.3 Å². The van der Waals surface area contributed by atoms with Gasteiger partial charge in [-0.25, -0.2) is 0 Å². The standard InChI is InChI=1S/C15H15BrClN/c1-9-4-3-5-12(10(9)2)15(18)13-8-11(16)6-7-14(13)17/h3-8,15H,18H2,1-2H3. The maximum absolute atomic E-state index is 6.35. The molecule has 94 valence electrons. The zero-order valence-corrected chi connectivity index (χ0v) is 12.7. The summed E-state index contributed by atoms with van der Waals surface area (Å²) in [6.07, 6.45) is 0. The van der Waals surface area contributed by atoms with Crippen molar-refractivity contribution in [1.29, 1.82) is 0 Å². The highest BCUT2D eigenvalue weighted by Gasteiger charge is 2.15. The average molecular weight is 325 g/mol. The number of aryl methyl sites for hydroxylation is 1. The van der Waals surface area contributed by atoms with Gasteiger partial charge in [-0.15, -0.1) is 0 Å². The molecule has 2 N–H and O–H groups in total. The van der Waals surface area contributed by atoms with Crippen LogP contribution in [0.5, 0.6) is 0 Å². The van der Waals surface area contributed by atoms with E-state index in [-0.39, 0.29) is 6.04 Å². The predicted molar refractivity (Wildman–Crippen MR) is 81.1 cm³/mol. The van der Waals surface area contributed by atoms with Gasteiger partial charge in [-0.2, -0.15) is 0 Å². The van der Waals surface area contributed by atoms with Crippen LogP contribution in [0.4, 0.5) is 0 Å². The first-order chi connectivity index (χ1) is 8.50. The van der Waals surface area contributed by atoms with E-state index in [9.17, 15) is 0 Å². The lowest BCUT2D eigenvalue weighted by molar-refractivity contribution is 0.858. The Morgan fingerprint density at radius 3 is 2.56 bits per heavy atom. The molecule has 0 radical (unpaired) electrons. The molecule has 0 amide bonds. The van der Waals surface area contributed by atoms with Gasteiger partial charge in [0.2, 0.25) is 0 Å². The van der Waals surface area contributed by atoms with Gasteiger partial charge in [0.25, 0.3) is 0 Å². The summed E-state index contributed by atoms with van der Waals surface area (Å²) in [5.74, 6) is 0. The molecule has 0 saturated heterocycles. The minimum Gasteiger partial charge on any atom is -0.320 e. The van der Waals surface area contributed by atoms with E-state index in [4.69, 9.17) is 17.3 Å². The van der Waals surface area contributed by atoms with Crippen molar-refractivity contribution in [2.75, 3.05) is 0 Å². The van der Waals surface area contributed by atoms with Crippen molar-refractivity contribution >= 4 is 27.5 Å². The summed E-state index contributed by atoms with van der Waals surface area (Å²) in [6.45, 7) is 4.19. The van der Waals surface area contributed by atoms with Crippen LogP contribution < -0.4 is 5.73 Å². The van der Waals surface area contributed by atoms with Gasteiger partial charge in [0.1, 0.15) is 0 Å². The third-order valence-electron chi connectivity index (χ3n) is 3.27. The van der Waals surface area contributed by atoms with Crippen molar-refractivity contribution in [3.63, 3.8) is 0 Å². The van der Waals surface area contributed by atoms with Gasteiger partial charge in [0.15, 0.2) is 0 Å². The molecule has 0 fully saturated rings. The molecule has 0 bridgehead atoms.